The molecular weight excluding hydrogens is 348 g/mol. The molecule has 0 amide bonds. The van der Waals surface area contributed by atoms with E-state index in [1.54, 1.807) is 0 Å². The summed E-state index contributed by atoms with van der Waals surface area (Å²) in [6.45, 7) is 3.67. The van der Waals surface area contributed by atoms with Crippen LogP contribution >= 0.6 is 12.4 Å². The summed E-state index contributed by atoms with van der Waals surface area (Å²) in [6, 6.07) is 9.41. The Morgan fingerprint density at radius 3 is 2.46 bits per heavy atom. The molecule has 1 aromatic heterocycles. The molecule has 2 heterocycles. The van der Waals surface area contributed by atoms with E-state index in [9.17, 15) is 8.42 Å². The monoisotopic (exact) mass is 368 g/mol. The number of piperidine rings is 1. The molecule has 1 saturated heterocycles. The van der Waals surface area contributed by atoms with Gasteiger partial charge in [-0.3, -0.25) is 0 Å². The topological polar surface area (TPSA) is 84.0 Å². The second kappa shape index (κ2) is 8.02. The Kier molecular flexibility index (Phi) is 6.28. The molecular formula is C16H21ClN4O2S. The maximum Gasteiger partial charge on any atom is 0.243 e. The van der Waals surface area contributed by atoms with Crippen molar-refractivity contribution >= 4 is 22.4 Å². The second-order valence-electron chi connectivity index (χ2n) is 5.81. The summed E-state index contributed by atoms with van der Waals surface area (Å²) >= 11 is 0. The van der Waals surface area contributed by atoms with Crippen molar-refractivity contribution in [1.82, 2.24) is 20.0 Å². The van der Waals surface area contributed by atoms with Gasteiger partial charge in [0.1, 0.15) is 4.90 Å². The molecule has 24 heavy (non-hydrogen) atoms. The van der Waals surface area contributed by atoms with Crippen LogP contribution in [0.15, 0.2) is 47.6 Å². The molecule has 1 aliphatic heterocycles. The van der Waals surface area contributed by atoms with Crippen molar-refractivity contribution in [3.8, 4) is 11.4 Å². The average molecular weight is 369 g/mol. The van der Waals surface area contributed by atoms with E-state index >= 15 is 0 Å². The van der Waals surface area contributed by atoms with Crippen LogP contribution in [0, 0.1) is 5.92 Å². The first-order valence-corrected chi connectivity index (χ1v) is 9.15. The summed E-state index contributed by atoms with van der Waals surface area (Å²) < 4.78 is 27.7. The number of halogens is 1. The Bertz CT molecular complexity index is 753. The third-order valence-electron chi connectivity index (χ3n) is 4.06. The molecule has 6 nitrogen and oxygen atoms in total. The number of hydrogen-bond acceptors (Lipinski definition) is 5. The van der Waals surface area contributed by atoms with Crippen molar-refractivity contribution < 1.29 is 8.42 Å². The molecule has 1 aromatic carbocycles. The smallest absolute Gasteiger partial charge is 0.243 e. The van der Waals surface area contributed by atoms with Gasteiger partial charge in [-0.15, -0.1) is 12.4 Å². The summed E-state index contributed by atoms with van der Waals surface area (Å²) in [5, 5.41) is 3.26. The Balaban J connectivity index is 0.00000208. The second-order valence-corrected chi connectivity index (χ2v) is 7.52. The minimum Gasteiger partial charge on any atom is -0.316 e. The van der Waals surface area contributed by atoms with E-state index in [0.29, 0.717) is 5.82 Å². The van der Waals surface area contributed by atoms with E-state index in [1.165, 1.54) is 12.4 Å². The zero-order valence-corrected chi connectivity index (χ0v) is 15.0. The highest BCUT2D eigenvalue weighted by Gasteiger charge is 2.27. The number of nitrogens with one attached hydrogen (secondary N) is 2. The Labute approximate surface area is 148 Å². The first-order valence-electron chi connectivity index (χ1n) is 7.67. The van der Waals surface area contributed by atoms with Gasteiger partial charge in [-0.25, -0.2) is 23.1 Å². The molecule has 1 aliphatic rings. The zero-order valence-electron chi connectivity index (χ0n) is 13.3. The summed E-state index contributed by atoms with van der Waals surface area (Å²) in [5.74, 6) is 0.766. The molecule has 8 heteroatoms. The molecule has 3 rings (SSSR count). The first-order chi connectivity index (χ1) is 11.1. The largest absolute Gasteiger partial charge is 0.316 e. The number of benzene rings is 1. The molecule has 130 valence electrons. The van der Waals surface area contributed by atoms with Crippen LogP contribution in [0.3, 0.4) is 0 Å². The number of hydrogen-bond donors (Lipinski definition) is 2. The van der Waals surface area contributed by atoms with Crippen LogP contribution in [0.5, 0.6) is 0 Å². The van der Waals surface area contributed by atoms with Crippen LogP contribution < -0.4 is 10.0 Å². The summed E-state index contributed by atoms with van der Waals surface area (Å²) in [4.78, 5) is 8.47. The summed E-state index contributed by atoms with van der Waals surface area (Å²) in [7, 11) is -3.59. The van der Waals surface area contributed by atoms with Crippen LogP contribution in [0.25, 0.3) is 11.4 Å². The number of nitrogens with zero attached hydrogens (tertiary/aromatic N) is 2. The molecule has 2 unspecified atom stereocenters. The van der Waals surface area contributed by atoms with Gasteiger partial charge in [0, 0.05) is 11.6 Å². The van der Waals surface area contributed by atoms with Crippen molar-refractivity contribution in [3.05, 3.63) is 42.7 Å². The molecule has 1 fully saturated rings. The Hall–Kier alpha value is -1.54. The lowest BCUT2D eigenvalue weighted by molar-refractivity contribution is 0.328. The standard InChI is InChI=1S/C16H20N4O2S.ClH/c1-12-9-17-8-7-15(12)20-23(21,22)14-10-18-16(19-11-14)13-5-3-2-4-6-13;/h2-6,10-12,15,17,20H,7-9H2,1H3;1H. The molecule has 2 aromatic rings. The van der Waals surface area contributed by atoms with Crippen molar-refractivity contribution in [1.29, 1.82) is 0 Å². The predicted molar refractivity (Wildman–Crippen MR) is 95.5 cm³/mol. The maximum absolute atomic E-state index is 12.5. The van der Waals surface area contributed by atoms with Crippen LogP contribution in [-0.2, 0) is 10.0 Å². The van der Waals surface area contributed by atoms with Gasteiger partial charge in [-0.05, 0) is 25.4 Å². The van der Waals surface area contributed by atoms with Crippen LogP contribution in [0.4, 0.5) is 0 Å². The highest BCUT2D eigenvalue weighted by Crippen LogP contribution is 2.17. The molecule has 0 bridgehead atoms. The lowest BCUT2D eigenvalue weighted by atomic mass is 9.97. The zero-order chi connectivity index (χ0) is 16.3. The SMILES string of the molecule is CC1CNCCC1NS(=O)(=O)c1cnc(-c2ccccc2)nc1.Cl. The van der Waals surface area contributed by atoms with Gasteiger partial charge in [0.05, 0.1) is 12.4 Å². The van der Waals surface area contributed by atoms with Gasteiger partial charge >= 0.3 is 0 Å². The minimum absolute atomic E-state index is 0. The molecule has 2 atom stereocenters. The van der Waals surface area contributed by atoms with Crippen molar-refractivity contribution in [3.63, 3.8) is 0 Å². The van der Waals surface area contributed by atoms with E-state index in [1.807, 2.05) is 37.3 Å². The highest BCUT2D eigenvalue weighted by atomic mass is 35.5. The molecule has 2 N–H and O–H groups in total. The van der Waals surface area contributed by atoms with Crippen molar-refractivity contribution in [2.75, 3.05) is 13.1 Å². The summed E-state index contributed by atoms with van der Waals surface area (Å²) in [5.41, 5.74) is 0.858. The summed E-state index contributed by atoms with van der Waals surface area (Å²) in [6.07, 6.45) is 3.51. The van der Waals surface area contributed by atoms with E-state index in [2.05, 4.69) is 20.0 Å². The van der Waals surface area contributed by atoms with Gasteiger partial charge in [-0.2, -0.15) is 0 Å². The molecule has 0 aliphatic carbocycles. The van der Waals surface area contributed by atoms with Gasteiger partial charge in [0.2, 0.25) is 10.0 Å². The number of sulfonamides is 1. The fourth-order valence-electron chi connectivity index (χ4n) is 2.65. The maximum atomic E-state index is 12.5. The predicted octanol–water partition coefficient (Wildman–Crippen LogP) is 1.84. The first kappa shape index (κ1) is 18.8. The van der Waals surface area contributed by atoms with E-state index in [0.717, 1.165) is 25.1 Å². The third-order valence-corrected chi connectivity index (χ3v) is 5.51. The molecule has 0 radical (unpaired) electrons. The van der Waals surface area contributed by atoms with E-state index < -0.39 is 10.0 Å². The fourth-order valence-corrected chi connectivity index (χ4v) is 3.92. The highest BCUT2D eigenvalue weighted by molar-refractivity contribution is 7.89. The van der Waals surface area contributed by atoms with Crippen LogP contribution in [-0.4, -0.2) is 37.5 Å². The quantitative estimate of drug-likeness (QED) is 0.860. The lowest BCUT2D eigenvalue weighted by Crippen LogP contribution is -2.48. The minimum atomic E-state index is -3.59. The van der Waals surface area contributed by atoms with E-state index in [4.69, 9.17) is 0 Å². The Morgan fingerprint density at radius 1 is 1.17 bits per heavy atom. The van der Waals surface area contributed by atoms with Gasteiger partial charge < -0.3 is 5.32 Å². The third kappa shape index (κ3) is 4.30. The average Bonchev–Trinajstić information content (AvgIpc) is 2.58. The van der Waals surface area contributed by atoms with Crippen LogP contribution in [0.2, 0.25) is 0 Å². The van der Waals surface area contributed by atoms with Gasteiger partial charge in [0.15, 0.2) is 5.82 Å². The molecule has 0 saturated carbocycles. The fraction of sp³-hybridized carbons (Fsp3) is 0.375. The Morgan fingerprint density at radius 2 is 1.83 bits per heavy atom. The number of aromatic nitrogens is 2. The lowest BCUT2D eigenvalue weighted by Gasteiger charge is -2.29. The van der Waals surface area contributed by atoms with Crippen LogP contribution in [0.1, 0.15) is 13.3 Å². The van der Waals surface area contributed by atoms with Gasteiger partial charge in [-0.1, -0.05) is 37.3 Å². The number of rotatable bonds is 4. The molecule has 0 spiro atoms. The van der Waals surface area contributed by atoms with Gasteiger partial charge in [0.25, 0.3) is 0 Å². The van der Waals surface area contributed by atoms with Crippen molar-refractivity contribution in [2.24, 2.45) is 5.92 Å². The van der Waals surface area contributed by atoms with E-state index in [-0.39, 0.29) is 29.3 Å². The normalized spacial score (nSPS) is 21.0. The van der Waals surface area contributed by atoms with Crippen molar-refractivity contribution in [2.45, 2.75) is 24.3 Å².